The SMILES string of the molecule is C=CC1C=CNC(Cl)=N1. The third-order valence-electron chi connectivity index (χ3n) is 1.000. The van der Waals surface area contributed by atoms with E-state index in [-0.39, 0.29) is 6.04 Å². The van der Waals surface area contributed by atoms with Gasteiger partial charge in [0.15, 0.2) is 5.29 Å². The average Bonchev–Trinajstić information content (AvgIpc) is 1.88. The zero-order valence-corrected chi connectivity index (χ0v) is 5.60. The lowest BCUT2D eigenvalue weighted by Crippen LogP contribution is -2.18. The van der Waals surface area contributed by atoms with Gasteiger partial charge in [-0.2, -0.15) is 0 Å². The smallest absolute Gasteiger partial charge is 0.196 e. The molecule has 1 aliphatic rings. The zero-order valence-electron chi connectivity index (χ0n) is 4.84. The first-order valence-corrected chi connectivity index (χ1v) is 3.00. The Balaban J connectivity index is 2.65. The molecule has 0 aliphatic carbocycles. The molecule has 0 aromatic carbocycles. The van der Waals surface area contributed by atoms with Gasteiger partial charge in [-0.25, -0.2) is 4.99 Å². The molecule has 3 heteroatoms. The second-order valence-electron chi connectivity index (χ2n) is 1.65. The van der Waals surface area contributed by atoms with Crippen LogP contribution in [0.1, 0.15) is 0 Å². The van der Waals surface area contributed by atoms with Gasteiger partial charge in [-0.3, -0.25) is 0 Å². The molecular weight excluding hydrogens is 136 g/mol. The van der Waals surface area contributed by atoms with E-state index >= 15 is 0 Å². The van der Waals surface area contributed by atoms with Crippen molar-refractivity contribution < 1.29 is 0 Å². The molecule has 48 valence electrons. The average molecular weight is 143 g/mol. The maximum atomic E-state index is 5.53. The van der Waals surface area contributed by atoms with Crippen molar-refractivity contribution in [1.82, 2.24) is 5.32 Å². The van der Waals surface area contributed by atoms with E-state index in [1.165, 1.54) is 0 Å². The van der Waals surface area contributed by atoms with Crippen molar-refractivity contribution in [3.05, 3.63) is 24.9 Å². The summed E-state index contributed by atoms with van der Waals surface area (Å²) < 4.78 is 0. The van der Waals surface area contributed by atoms with Crippen LogP contribution in [-0.2, 0) is 0 Å². The molecule has 0 spiro atoms. The Hall–Kier alpha value is -0.760. The highest BCUT2D eigenvalue weighted by molar-refractivity contribution is 6.64. The van der Waals surface area contributed by atoms with Gasteiger partial charge < -0.3 is 5.32 Å². The molecule has 0 aromatic heterocycles. The van der Waals surface area contributed by atoms with Gasteiger partial charge >= 0.3 is 0 Å². The number of hydrogen-bond acceptors (Lipinski definition) is 2. The van der Waals surface area contributed by atoms with Gasteiger partial charge in [0, 0.05) is 6.20 Å². The molecule has 0 bridgehead atoms. The second kappa shape index (κ2) is 2.69. The summed E-state index contributed by atoms with van der Waals surface area (Å²) in [5.74, 6) is 0. The number of hydrogen-bond donors (Lipinski definition) is 1. The Kier molecular flexibility index (Phi) is 1.90. The Morgan fingerprint density at radius 2 is 2.67 bits per heavy atom. The summed E-state index contributed by atoms with van der Waals surface area (Å²) in [6.45, 7) is 3.57. The van der Waals surface area contributed by atoms with Gasteiger partial charge in [0.2, 0.25) is 0 Å². The maximum Gasteiger partial charge on any atom is 0.196 e. The van der Waals surface area contributed by atoms with Crippen LogP contribution in [0.5, 0.6) is 0 Å². The number of rotatable bonds is 1. The van der Waals surface area contributed by atoms with Crippen LogP contribution in [0.15, 0.2) is 29.9 Å². The molecule has 1 N–H and O–H groups in total. The highest BCUT2D eigenvalue weighted by Gasteiger charge is 2.01. The predicted octanol–water partition coefficient (Wildman–Crippen LogP) is 1.25. The summed E-state index contributed by atoms with van der Waals surface area (Å²) in [7, 11) is 0. The number of halogens is 1. The summed E-state index contributed by atoms with van der Waals surface area (Å²) in [6, 6.07) is 0.0405. The Labute approximate surface area is 58.9 Å². The summed E-state index contributed by atoms with van der Waals surface area (Å²) in [6.07, 6.45) is 5.35. The molecule has 0 saturated heterocycles. The number of nitrogens with zero attached hydrogens (tertiary/aromatic N) is 1. The molecule has 0 amide bonds. The molecule has 1 aliphatic heterocycles. The topological polar surface area (TPSA) is 24.4 Å². The fraction of sp³-hybridized carbons (Fsp3) is 0.167. The van der Waals surface area contributed by atoms with Gasteiger partial charge in [0.05, 0.1) is 6.04 Å². The van der Waals surface area contributed by atoms with Gasteiger partial charge in [-0.05, 0) is 17.7 Å². The van der Waals surface area contributed by atoms with E-state index in [9.17, 15) is 0 Å². The summed E-state index contributed by atoms with van der Waals surface area (Å²) in [4.78, 5) is 3.97. The van der Waals surface area contributed by atoms with Crippen LogP contribution in [0.25, 0.3) is 0 Å². The first-order chi connectivity index (χ1) is 4.33. The van der Waals surface area contributed by atoms with Gasteiger partial charge in [0.25, 0.3) is 0 Å². The maximum absolute atomic E-state index is 5.53. The molecule has 0 saturated carbocycles. The van der Waals surface area contributed by atoms with E-state index in [0.29, 0.717) is 5.29 Å². The van der Waals surface area contributed by atoms with Crippen molar-refractivity contribution >= 4 is 16.9 Å². The third-order valence-corrected chi connectivity index (χ3v) is 1.21. The van der Waals surface area contributed by atoms with Crippen LogP contribution in [0.4, 0.5) is 0 Å². The Morgan fingerprint density at radius 1 is 1.89 bits per heavy atom. The molecule has 1 atom stereocenters. The van der Waals surface area contributed by atoms with Gasteiger partial charge in [-0.15, -0.1) is 6.58 Å². The molecule has 0 aromatic rings. The summed E-state index contributed by atoms with van der Waals surface area (Å²) in [5.41, 5.74) is 0. The highest BCUT2D eigenvalue weighted by Crippen LogP contribution is 2.00. The minimum absolute atomic E-state index is 0.0405. The van der Waals surface area contributed by atoms with Crippen molar-refractivity contribution in [2.45, 2.75) is 6.04 Å². The molecule has 1 rings (SSSR count). The number of amidine groups is 1. The first-order valence-electron chi connectivity index (χ1n) is 2.62. The van der Waals surface area contributed by atoms with E-state index in [1.807, 2.05) is 6.08 Å². The molecule has 9 heavy (non-hydrogen) atoms. The predicted molar refractivity (Wildman–Crippen MR) is 39.5 cm³/mol. The normalized spacial score (nSPS) is 24.6. The summed E-state index contributed by atoms with van der Waals surface area (Å²) in [5, 5.41) is 3.15. The molecular formula is C6H7ClN2. The van der Waals surface area contributed by atoms with Gasteiger partial charge in [0.1, 0.15) is 0 Å². The Morgan fingerprint density at radius 3 is 3.11 bits per heavy atom. The largest absolute Gasteiger partial charge is 0.337 e. The fourth-order valence-electron chi connectivity index (χ4n) is 0.558. The minimum Gasteiger partial charge on any atom is -0.337 e. The lowest BCUT2D eigenvalue weighted by molar-refractivity contribution is 0.979. The van der Waals surface area contributed by atoms with Crippen LogP contribution in [0, 0.1) is 0 Å². The van der Waals surface area contributed by atoms with Crippen LogP contribution >= 0.6 is 11.6 Å². The Bertz CT molecular complexity index is 172. The molecule has 0 fully saturated rings. The molecule has 0 radical (unpaired) electrons. The second-order valence-corrected chi connectivity index (χ2v) is 2.01. The van der Waals surface area contributed by atoms with Crippen molar-refractivity contribution in [2.75, 3.05) is 0 Å². The number of nitrogens with one attached hydrogen (secondary N) is 1. The van der Waals surface area contributed by atoms with Crippen molar-refractivity contribution in [3.8, 4) is 0 Å². The van der Waals surface area contributed by atoms with Crippen molar-refractivity contribution in [2.24, 2.45) is 4.99 Å². The third kappa shape index (κ3) is 1.57. The van der Waals surface area contributed by atoms with E-state index in [2.05, 4.69) is 16.9 Å². The van der Waals surface area contributed by atoms with Crippen LogP contribution in [-0.4, -0.2) is 11.3 Å². The van der Waals surface area contributed by atoms with E-state index in [4.69, 9.17) is 11.6 Å². The van der Waals surface area contributed by atoms with Crippen molar-refractivity contribution in [1.29, 1.82) is 0 Å². The number of aliphatic imine (C=N–C) groups is 1. The minimum atomic E-state index is 0.0405. The van der Waals surface area contributed by atoms with E-state index in [1.54, 1.807) is 12.3 Å². The van der Waals surface area contributed by atoms with Crippen LogP contribution in [0.3, 0.4) is 0 Å². The van der Waals surface area contributed by atoms with E-state index in [0.717, 1.165) is 0 Å². The standard InChI is InChI=1S/C6H7ClN2/c1-2-5-3-4-8-6(7)9-5/h2-5H,1H2,(H,8,9). The van der Waals surface area contributed by atoms with Crippen LogP contribution in [0.2, 0.25) is 0 Å². The van der Waals surface area contributed by atoms with Gasteiger partial charge in [-0.1, -0.05) is 6.08 Å². The summed E-state index contributed by atoms with van der Waals surface area (Å²) >= 11 is 5.53. The molecule has 1 heterocycles. The monoisotopic (exact) mass is 142 g/mol. The van der Waals surface area contributed by atoms with E-state index < -0.39 is 0 Å². The zero-order chi connectivity index (χ0) is 6.69. The first kappa shape index (κ1) is 6.36. The molecule has 2 nitrogen and oxygen atoms in total. The highest BCUT2D eigenvalue weighted by atomic mass is 35.5. The van der Waals surface area contributed by atoms with Crippen molar-refractivity contribution in [3.63, 3.8) is 0 Å². The lowest BCUT2D eigenvalue weighted by atomic mass is 10.3. The lowest BCUT2D eigenvalue weighted by Gasteiger charge is -2.07. The quantitative estimate of drug-likeness (QED) is 0.433. The molecule has 1 unspecified atom stereocenters. The van der Waals surface area contributed by atoms with Crippen LogP contribution < -0.4 is 5.32 Å². The fourth-order valence-corrected chi connectivity index (χ4v) is 0.734.